The maximum Gasteiger partial charge on any atom is 0.255 e. The van der Waals surface area contributed by atoms with Crippen molar-refractivity contribution in [3.05, 3.63) is 83.8 Å². The maximum atomic E-state index is 14.2. The summed E-state index contributed by atoms with van der Waals surface area (Å²) >= 11 is 0. The van der Waals surface area contributed by atoms with Gasteiger partial charge in [0, 0.05) is 38.4 Å². The largest absolute Gasteiger partial charge is 0.353 e. The summed E-state index contributed by atoms with van der Waals surface area (Å²) in [5.74, 6) is -0.462. The van der Waals surface area contributed by atoms with Crippen LogP contribution >= 0.6 is 0 Å². The third kappa shape index (κ3) is 4.32. The Morgan fingerprint density at radius 1 is 0.944 bits per heavy atom. The first-order valence-electron chi connectivity index (χ1n) is 12.1. The fourth-order valence-electron chi connectivity index (χ4n) is 5.18. The molecule has 0 N–H and O–H groups in total. The third-order valence-electron chi connectivity index (χ3n) is 7.09. The Morgan fingerprint density at radius 2 is 1.69 bits per heavy atom. The van der Waals surface area contributed by atoms with Crippen LogP contribution < -0.4 is 4.90 Å². The van der Waals surface area contributed by atoms with Crippen LogP contribution in [-0.4, -0.2) is 51.5 Å². The topological polar surface area (TPSA) is 37.2 Å². The van der Waals surface area contributed by atoms with Gasteiger partial charge < -0.3 is 9.47 Å². The number of aromatic nitrogens is 3. The first-order valence-corrected chi connectivity index (χ1v) is 12.1. The lowest BCUT2D eigenvalue weighted by Gasteiger charge is -2.41. The first-order chi connectivity index (χ1) is 17.5. The molecule has 6 rings (SSSR count). The molecule has 0 amide bonds. The molecule has 2 fully saturated rings. The van der Waals surface area contributed by atoms with Gasteiger partial charge in [-0.3, -0.25) is 4.90 Å². The van der Waals surface area contributed by atoms with Gasteiger partial charge in [0.2, 0.25) is 0 Å². The number of fused-ring (bicyclic) bond motifs is 1. The van der Waals surface area contributed by atoms with Crippen LogP contribution in [0.2, 0.25) is 0 Å². The van der Waals surface area contributed by atoms with Crippen molar-refractivity contribution in [2.45, 2.75) is 37.8 Å². The zero-order chi connectivity index (χ0) is 24.8. The van der Waals surface area contributed by atoms with Crippen molar-refractivity contribution < 1.29 is 17.6 Å². The molecule has 186 valence electrons. The number of alkyl halides is 2. The van der Waals surface area contributed by atoms with Gasteiger partial charge in [0.05, 0.1) is 17.1 Å². The Morgan fingerprint density at radius 3 is 2.39 bits per heavy atom. The van der Waals surface area contributed by atoms with E-state index in [1.165, 1.54) is 18.5 Å². The number of anilines is 1. The molecule has 1 unspecified atom stereocenters. The van der Waals surface area contributed by atoms with Crippen LogP contribution in [0.1, 0.15) is 29.9 Å². The van der Waals surface area contributed by atoms with Gasteiger partial charge in [0.25, 0.3) is 6.43 Å². The summed E-state index contributed by atoms with van der Waals surface area (Å²) in [6.45, 7) is 1.58. The molecule has 0 radical (unpaired) electrons. The van der Waals surface area contributed by atoms with Crippen molar-refractivity contribution in [3.63, 3.8) is 0 Å². The lowest BCUT2D eigenvalue weighted by molar-refractivity contribution is 0.0149. The highest BCUT2D eigenvalue weighted by Crippen LogP contribution is 2.46. The van der Waals surface area contributed by atoms with Gasteiger partial charge in [0.15, 0.2) is 0 Å². The van der Waals surface area contributed by atoms with Crippen LogP contribution in [0, 0.1) is 11.6 Å². The predicted molar refractivity (Wildman–Crippen MR) is 130 cm³/mol. The van der Waals surface area contributed by atoms with E-state index in [2.05, 4.69) is 9.97 Å². The Hall–Kier alpha value is -3.46. The number of nitrogens with zero attached hydrogens (tertiary/aromatic N) is 5. The van der Waals surface area contributed by atoms with Crippen molar-refractivity contribution in [2.24, 2.45) is 0 Å². The molecule has 5 nitrogen and oxygen atoms in total. The minimum Gasteiger partial charge on any atom is -0.353 e. The molecule has 1 saturated carbocycles. The van der Waals surface area contributed by atoms with E-state index in [-0.39, 0.29) is 6.54 Å². The summed E-state index contributed by atoms with van der Waals surface area (Å²) in [6, 6.07) is 12.0. The van der Waals surface area contributed by atoms with Gasteiger partial charge in [-0.2, -0.15) is 0 Å². The molecular formula is C27H25F4N5. The van der Waals surface area contributed by atoms with Crippen LogP contribution in [0.25, 0.3) is 16.7 Å². The zero-order valence-electron chi connectivity index (χ0n) is 19.5. The minimum absolute atomic E-state index is 0.125. The van der Waals surface area contributed by atoms with E-state index in [4.69, 9.17) is 0 Å². The predicted octanol–water partition coefficient (Wildman–Crippen LogP) is 5.53. The van der Waals surface area contributed by atoms with E-state index in [1.54, 1.807) is 4.57 Å². The average molecular weight is 496 g/mol. The number of benzene rings is 2. The lowest BCUT2D eigenvalue weighted by Crippen LogP contribution is -2.56. The second kappa shape index (κ2) is 9.20. The van der Waals surface area contributed by atoms with Crippen LogP contribution in [0.15, 0.2) is 61.1 Å². The number of piperazine rings is 1. The monoisotopic (exact) mass is 495 g/mol. The molecule has 1 atom stereocenters. The second-order valence-electron chi connectivity index (χ2n) is 9.56. The minimum atomic E-state index is -2.52. The van der Waals surface area contributed by atoms with E-state index in [9.17, 15) is 17.6 Å². The highest BCUT2D eigenvalue weighted by molar-refractivity contribution is 5.93. The number of hydrogen-bond acceptors (Lipinski definition) is 4. The summed E-state index contributed by atoms with van der Waals surface area (Å²) in [6.07, 6.45) is 2.74. The summed E-state index contributed by atoms with van der Waals surface area (Å²) in [5.41, 5.74) is 2.83. The zero-order valence-corrected chi connectivity index (χ0v) is 19.5. The fourth-order valence-corrected chi connectivity index (χ4v) is 5.18. The average Bonchev–Trinajstić information content (AvgIpc) is 3.63. The molecule has 4 aromatic rings. The Balaban J connectivity index is 1.38. The Bertz CT molecular complexity index is 1370. The van der Waals surface area contributed by atoms with E-state index < -0.39 is 24.1 Å². The standard InChI is InChI=1S/C27H25F4N5/c28-19-10-20(29)12-21(11-19)36-14-22(18-6-7-18)24-26(32-16-33-27(24)36)35-9-8-34(23(15-35)25(30)31)13-17-4-2-1-3-5-17/h1-5,10-12,14,16,18,23,25H,6-9,13,15H2. The molecule has 1 aliphatic carbocycles. The van der Waals surface area contributed by atoms with Crippen LogP contribution in [0.4, 0.5) is 23.4 Å². The summed E-state index contributed by atoms with van der Waals surface area (Å²) in [4.78, 5) is 12.7. The quantitative estimate of drug-likeness (QED) is 0.330. The molecule has 2 aromatic carbocycles. The number of hydrogen-bond donors (Lipinski definition) is 0. The molecule has 0 spiro atoms. The van der Waals surface area contributed by atoms with Gasteiger partial charge in [0.1, 0.15) is 29.4 Å². The van der Waals surface area contributed by atoms with Crippen molar-refractivity contribution in [1.29, 1.82) is 0 Å². The molecule has 0 bridgehead atoms. The SMILES string of the molecule is Fc1cc(F)cc(-n2cc(C3CC3)c3c(N4CCN(Cc5ccccc5)C(C(F)F)C4)ncnc32)c1. The summed E-state index contributed by atoms with van der Waals surface area (Å²) in [5, 5.41) is 0.772. The van der Waals surface area contributed by atoms with Crippen molar-refractivity contribution in [2.75, 3.05) is 24.5 Å². The first kappa shape index (κ1) is 23.0. The number of halogens is 4. The van der Waals surface area contributed by atoms with Crippen molar-refractivity contribution in [3.8, 4) is 5.69 Å². The van der Waals surface area contributed by atoms with Gasteiger partial charge >= 0.3 is 0 Å². The van der Waals surface area contributed by atoms with Gasteiger partial charge in [-0.05, 0) is 42.0 Å². The molecular weight excluding hydrogens is 470 g/mol. The van der Waals surface area contributed by atoms with Crippen LogP contribution in [0.3, 0.4) is 0 Å². The second-order valence-corrected chi connectivity index (χ2v) is 9.56. The normalized spacial score (nSPS) is 18.9. The molecule has 2 aromatic heterocycles. The maximum absolute atomic E-state index is 14.2. The van der Waals surface area contributed by atoms with Crippen molar-refractivity contribution >= 4 is 16.9 Å². The molecule has 36 heavy (non-hydrogen) atoms. The van der Waals surface area contributed by atoms with Gasteiger partial charge in [-0.1, -0.05) is 30.3 Å². The summed E-state index contributed by atoms with van der Waals surface area (Å²) < 4.78 is 58.1. The summed E-state index contributed by atoms with van der Waals surface area (Å²) in [7, 11) is 0. The molecule has 2 aliphatic rings. The molecule has 1 aliphatic heterocycles. The van der Waals surface area contributed by atoms with Gasteiger partial charge in [-0.15, -0.1) is 0 Å². The van der Waals surface area contributed by atoms with E-state index >= 15 is 0 Å². The van der Waals surface area contributed by atoms with Crippen LogP contribution in [0.5, 0.6) is 0 Å². The lowest BCUT2D eigenvalue weighted by atomic mass is 10.1. The Labute approximate surface area is 206 Å². The van der Waals surface area contributed by atoms with E-state index in [0.717, 1.165) is 35.4 Å². The van der Waals surface area contributed by atoms with Crippen molar-refractivity contribution in [1.82, 2.24) is 19.4 Å². The fraction of sp³-hybridized carbons (Fsp3) is 0.333. The number of rotatable bonds is 6. The highest BCUT2D eigenvalue weighted by Gasteiger charge is 2.36. The van der Waals surface area contributed by atoms with E-state index in [0.29, 0.717) is 42.7 Å². The molecule has 1 saturated heterocycles. The molecule has 3 heterocycles. The van der Waals surface area contributed by atoms with E-state index in [1.807, 2.05) is 46.3 Å². The van der Waals surface area contributed by atoms with Crippen LogP contribution in [-0.2, 0) is 6.54 Å². The molecule has 9 heteroatoms. The smallest absolute Gasteiger partial charge is 0.255 e. The van der Waals surface area contributed by atoms with Gasteiger partial charge in [-0.25, -0.2) is 27.5 Å². The Kier molecular flexibility index (Phi) is 5.87. The third-order valence-corrected chi connectivity index (χ3v) is 7.09. The highest BCUT2D eigenvalue weighted by atomic mass is 19.3.